The molecule has 0 aliphatic rings. The van der Waals surface area contributed by atoms with Crippen molar-refractivity contribution in [2.45, 2.75) is 32.4 Å². The van der Waals surface area contributed by atoms with E-state index < -0.39 is 11.7 Å². The Morgan fingerprint density at radius 3 is 2.24 bits per heavy atom. The van der Waals surface area contributed by atoms with Gasteiger partial charge in [-0.05, 0) is 42.7 Å². The van der Waals surface area contributed by atoms with Crippen molar-refractivity contribution < 1.29 is 13.2 Å². The highest BCUT2D eigenvalue weighted by Gasteiger charge is 2.30. The fourth-order valence-electron chi connectivity index (χ4n) is 2.52. The maximum absolute atomic E-state index is 12.6. The molecule has 0 aliphatic carbocycles. The van der Waals surface area contributed by atoms with Crippen LogP contribution in [-0.2, 0) is 12.6 Å². The minimum absolute atomic E-state index is 0.534. The van der Waals surface area contributed by atoms with Crippen molar-refractivity contribution in [3.63, 3.8) is 0 Å². The average Bonchev–Trinajstić information content (AvgIpc) is 3.10. The summed E-state index contributed by atoms with van der Waals surface area (Å²) in [6.45, 7) is 2.16. The molecule has 0 bridgehead atoms. The molecule has 3 nitrogen and oxygen atoms in total. The van der Waals surface area contributed by atoms with Gasteiger partial charge in [-0.15, -0.1) is 5.10 Å². The van der Waals surface area contributed by atoms with Gasteiger partial charge in [-0.1, -0.05) is 37.6 Å². The number of aromatic nitrogens is 3. The van der Waals surface area contributed by atoms with Crippen LogP contribution in [0.25, 0.3) is 17.1 Å². The third-order valence-corrected chi connectivity index (χ3v) is 3.98. The van der Waals surface area contributed by atoms with Gasteiger partial charge >= 0.3 is 6.18 Å². The minimum Gasteiger partial charge on any atom is -0.220 e. The molecule has 25 heavy (non-hydrogen) atoms. The van der Waals surface area contributed by atoms with Crippen LogP contribution in [0.4, 0.5) is 13.2 Å². The van der Waals surface area contributed by atoms with E-state index in [9.17, 15) is 13.2 Å². The van der Waals surface area contributed by atoms with Crippen LogP contribution in [0, 0.1) is 0 Å². The Balaban J connectivity index is 1.78. The Morgan fingerprint density at radius 2 is 1.64 bits per heavy atom. The SMILES string of the molecule is CCCCc1ccc(-c2ncn(-c3ccc(C(F)(F)F)cc3)n2)cc1. The molecule has 3 rings (SSSR count). The van der Waals surface area contributed by atoms with Crippen LogP contribution >= 0.6 is 0 Å². The first kappa shape index (κ1) is 17.2. The van der Waals surface area contributed by atoms with E-state index in [1.807, 2.05) is 12.1 Å². The van der Waals surface area contributed by atoms with E-state index in [0.29, 0.717) is 11.5 Å². The molecule has 0 N–H and O–H groups in total. The van der Waals surface area contributed by atoms with Crippen molar-refractivity contribution in [2.75, 3.05) is 0 Å². The number of alkyl halides is 3. The summed E-state index contributed by atoms with van der Waals surface area (Å²) in [6.07, 6.45) is 0.514. The summed E-state index contributed by atoms with van der Waals surface area (Å²) in [4.78, 5) is 4.26. The maximum atomic E-state index is 12.6. The number of rotatable bonds is 5. The van der Waals surface area contributed by atoms with Gasteiger partial charge in [-0.3, -0.25) is 0 Å². The first-order chi connectivity index (χ1) is 12.0. The van der Waals surface area contributed by atoms with Gasteiger partial charge in [0.2, 0.25) is 0 Å². The average molecular weight is 345 g/mol. The molecule has 0 radical (unpaired) electrons. The topological polar surface area (TPSA) is 30.7 Å². The van der Waals surface area contributed by atoms with Crippen molar-refractivity contribution in [1.82, 2.24) is 14.8 Å². The second-order valence-electron chi connectivity index (χ2n) is 5.86. The number of aryl methyl sites for hydroxylation is 1. The van der Waals surface area contributed by atoms with Gasteiger partial charge < -0.3 is 0 Å². The summed E-state index contributed by atoms with van der Waals surface area (Å²) in [6, 6.07) is 12.9. The molecule has 1 heterocycles. The molecular formula is C19H18F3N3. The van der Waals surface area contributed by atoms with Crippen LogP contribution in [0.2, 0.25) is 0 Å². The van der Waals surface area contributed by atoms with Crippen LogP contribution in [0.1, 0.15) is 30.9 Å². The van der Waals surface area contributed by atoms with Gasteiger partial charge in [0.15, 0.2) is 5.82 Å². The lowest BCUT2D eigenvalue weighted by Gasteiger charge is -2.07. The minimum atomic E-state index is -4.34. The number of nitrogens with zero attached hydrogens (tertiary/aromatic N) is 3. The lowest BCUT2D eigenvalue weighted by atomic mass is 10.1. The monoisotopic (exact) mass is 345 g/mol. The fraction of sp³-hybridized carbons (Fsp3) is 0.263. The molecule has 1 aromatic heterocycles. The number of halogens is 3. The molecule has 0 fully saturated rings. The summed E-state index contributed by atoms with van der Waals surface area (Å²) in [5, 5.41) is 4.36. The molecule has 0 unspecified atom stereocenters. The Hall–Kier alpha value is -2.63. The van der Waals surface area contributed by atoms with E-state index >= 15 is 0 Å². The molecule has 0 spiro atoms. The van der Waals surface area contributed by atoms with Crippen LogP contribution in [0.15, 0.2) is 54.9 Å². The highest BCUT2D eigenvalue weighted by molar-refractivity contribution is 5.55. The lowest BCUT2D eigenvalue weighted by Crippen LogP contribution is -2.05. The van der Waals surface area contributed by atoms with Gasteiger partial charge in [-0.25, -0.2) is 9.67 Å². The quantitative estimate of drug-likeness (QED) is 0.628. The standard InChI is InChI=1S/C19H18F3N3/c1-2-3-4-14-5-7-15(8-6-14)18-23-13-25(24-18)17-11-9-16(10-12-17)19(20,21)22/h5-13H,2-4H2,1H3. The van der Waals surface area contributed by atoms with E-state index in [0.717, 1.165) is 37.0 Å². The smallest absolute Gasteiger partial charge is 0.220 e. The Labute approximate surface area is 144 Å². The predicted octanol–water partition coefficient (Wildman–Crippen LogP) is 5.30. The number of hydrogen-bond donors (Lipinski definition) is 0. The zero-order chi connectivity index (χ0) is 17.9. The zero-order valence-electron chi connectivity index (χ0n) is 13.8. The fourth-order valence-corrected chi connectivity index (χ4v) is 2.52. The van der Waals surface area contributed by atoms with Crippen molar-refractivity contribution in [2.24, 2.45) is 0 Å². The molecule has 0 saturated carbocycles. The zero-order valence-corrected chi connectivity index (χ0v) is 13.8. The van der Waals surface area contributed by atoms with Gasteiger partial charge in [0.25, 0.3) is 0 Å². The third-order valence-electron chi connectivity index (χ3n) is 3.98. The highest BCUT2D eigenvalue weighted by Crippen LogP contribution is 2.29. The van der Waals surface area contributed by atoms with E-state index in [4.69, 9.17) is 0 Å². The first-order valence-electron chi connectivity index (χ1n) is 8.16. The van der Waals surface area contributed by atoms with Crippen molar-refractivity contribution in [3.05, 3.63) is 66.0 Å². The lowest BCUT2D eigenvalue weighted by molar-refractivity contribution is -0.137. The molecule has 3 aromatic rings. The molecule has 6 heteroatoms. The van der Waals surface area contributed by atoms with Crippen LogP contribution < -0.4 is 0 Å². The Morgan fingerprint density at radius 1 is 0.960 bits per heavy atom. The van der Waals surface area contributed by atoms with Gasteiger partial charge in [-0.2, -0.15) is 13.2 Å². The summed E-state index contributed by atoms with van der Waals surface area (Å²) in [5.74, 6) is 0.543. The van der Waals surface area contributed by atoms with Crippen LogP contribution in [0.3, 0.4) is 0 Å². The summed E-state index contributed by atoms with van der Waals surface area (Å²) in [5.41, 5.74) is 2.00. The molecule has 0 aliphatic heterocycles. The van der Waals surface area contributed by atoms with E-state index in [-0.39, 0.29) is 0 Å². The molecule has 0 atom stereocenters. The van der Waals surface area contributed by atoms with E-state index in [2.05, 4.69) is 29.1 Å². The largest absolute Gasteiger partial charge is 0.416 e. The van der Waals surface area contributed by atoms with Crippen molar-refractivity contribution in [1.29, 1.82) is 0 Å². The first-order valence-corrected chi connectivity index (χ1v) is 8.16. The maximum Gasteiger partial charge on any atom is 0.416 e. The van der Waals surface area contributed by atoms with Crippen LogP contribution in [-0.4, -0.2) is 14.8 Å². The normalized spacial score (nSPS) is 11.7. The second-order valence-corrected chi connectivity index (χ2v) is 5.86. The summed E-state index contributed by atoms with van der Waals surface area (Å²) < 4.78 is 39.3. The second kappa shape index (κ2) is 7.09. The molecule has 0 saturated heterocycles. The number of benzene rings is 2. The Bertz CT molecular complexity index is 818. The van der Waals surface area contributed by atoms with Gasteiger partial charge in [0.1, 0.15) is 6.33 Å². The molecular weight excluding hydrogens is 327 g/mol. The van der Waals surface area contributed by atoms with E-state index in [1.165, 1.54) is 28.7 Å². The van der Waals surface area contributed by atoms with Crippen LogP contribution in [0.5, 0.6) is 0 Å². The van der Waals surface area contributed by atoms with Gasteiger partial charge in [0.05, 0.1) is 11.3 Å². The predicted molar refractivity (Wildman–Crippen MR) is 90.4 cm³/mol. The summed E-state index contributed by atoms with van der Waals surface area (Å²) in [7, 11) is 0. The number of unbranched alkanes of at least 4 members (excludes halogenated alkanes) is 1. The third kappa shape index (κ3) is 4.07. The van der Waals surface area contributed by atoms with Crippen molar-refractivity contribution in [3.8, 4) is 17.1 Å². The molecule has 2 aromatic carbocycles. The van der Waals surface area contributed by atoms with Gasteiger partial charge in [0, 0.05) is 5.56 Å². The Kier molecular flexibility index (Phi) is 4.88. The van der Waals surface area contributed by atoms with E-state index in [1.54, 1.807) is 0 Å². The summed E-state index contributed by atoms with van der Waals surface area (Å²) >= 11 is 0. The number of hydrogen-bond acceptors (Lipinski definition) is 2. The van der Waals surface area contributed by atoms with Crippen molar-refractivity contribution >= 4 is 0 Å². The molecule has 130 valence electrons. The molecule has 0 amide bonds. The highest BCUT2D eigenvalue weighted by atomic mass is 19.4.